The molecule has 26 heavy (non-hydrogen) atoms. The Balaban J connectivity index is 2.09. The van der Waals surface area contributed by atoms with E-state index in [4.69, 9.17) is 28.2 Å². The van der Waals surface area contributed by atoms with E-state index in [1.165, 1.54) is 11.5 Å². The number of rotatable bonds is 3. The number of aryl methyl sites for hydroxylation is 1. The van der Waals surface area contributed by atoms with Gasteiger partial charge in [0.05, 0.1) is 5.69 Å². The lowest BCUT2D eigenvalue weighted by Gasteiger charge is -2.14. The highest BCUT2D eigenvalue weighted by molar-refractivity contribution is 7.78. The molecular weight excluding hydrogens is 404 g/mol. The van der Waals surface area contributed by atoms with Crippen molar-refractivity contribution < 1.29 is 0 Å². The summed E-state index contributed by atoms with van der Waals surface area (Å²) in [5, 5.41) is 0.677. The SMILES string of the molecule is C=P(C)(C)C(Cl)=Cc1cc(N=c2snc3n2CC(C)(C)C3)c(C)cc1Cl. The number of nitrogens with zero attached hydrogens (tertiary/aromatic N) is 3. The van der Waals surface area contributed by atoms with Gasteiger partial charge in [0, 0.05) is 34.3 Å². The van der Waals surface area contributed by atoms with Gasteiger partial charge in [-0.05, 0) is 55.0 Å². The molecule has 0 bridgehead atoms. The fourth-order valence-corrected chi connectivity index (χ4v) is 4.53. The minimum Gasteiger partial charge on any atom is -0.303 e. The summed E-state index contributed by atoms with van der Waals surface area (Å²) in [7, 11) is 0. The van der Waals surface area contributed by atoms with Crippen LogP contribution in [0.3, 0.4) is 0 Å². The first-order valence-electron chi connectivity index (χ1n) is 8.43. The number of fused-ring (bicyclic) bond motifs is 1. The van der Waals surface area contributed by atoms with Gasteiger partial charge in [0.1, 0.15) is 5.82 Å². The lowest BCUT2D eigenvalue weighted by Crippen LogP contribution is -2.19. The molecule has 0 N–H and O–H groups in total. The maximum atomic E-state index is 6.45. The van der Waals surface area contributed by atoms with E-state index in [-0.39, 0.29) is 5.41 Å². The van der Waals surface area contributed by atoms with Gasteiger partial charge in [-0.25, -0.2) is 4.99 Å². The van der Waals surface area contributed by atoms with E-state index in [2.05, 4.69) is 42.4 Å². The standard InChI is InChI=1S/C19H24Cl2N3PS/c1-12-7-14(20)13(9-16(21)25(4,5)6)8-15(12)22-18-24-11-19(2,3)10-17(24)23-26-18/h7-9H,4,10-11H2,1-3,5-6H3. The van der Waals surface area contributed by atoms with Crippen molar-refractivity contribution in [1.29, 1.82) is 0 Å². The molecule has 0 saturated heterocycles. The van der Waals surface area contributed by atoms with Gasteiger partial charge >= 0.3 is 0 Å². The molecule has 3 nitrogen and oxygen atoms in total. The molecule has 0 amide bonds. The Morgan fingerprint density at radius 3 is 2.77 bits per heavy atom. The summed E-state index contributed by atoms with van der Waals surface area (Å²) in [5.74, 6) is 1.12. The molecule has 2 aromatic rings. The second-order valence-corrected chi connectivity index (χ2v) is 13.9. The average molecular weight is 428 g/mol. The van der Waals surface area contributed by atoms with Gasteiger partial charge in [-0.15, -0.1) is 0 Å². The van der Waals surface area contributed by atoms with E-state index in [0.29, 0.717) is 5.02 Å². The maximum Gasteiger partial charge on any atom is 0.209 e. The molecule has 0 saturated carbocycles. The average Bonchev–Trinajstić information content (AvgIpc) is 2.99. The summed E-state index contributed by atoms with van der Waals surface area (Å²) < 4.78 is 7.58. The van der Waals surface area contributed by atoms with Crippen LogP contribution in [0.1, 0.15) is 30.8 Å². The molecule has 2 heterocycles. The topological polar surface area (TPSA) is 30.2 Å². The molecule has 1 aliphatic heterocycles. The molecule has 0 aliphatic carbocycles. The van der Waals surface area contributed by atoms with Crippen molar-refractivity contribution in [3.05, 3.63) is 43.7 Å². The zero-order valence-corrected chi connectivity index (χ0v) is 19.0. The summed E-state index contributed by atoms with van der Waals surface area (Å²) in [6, 6.07) is 3.95. The van der Waals surface area contributed by atoms with Crippen LogP contribution in [0.4, 0.5) is 5.69 Å². The van der Waals surface area contributed by atoms with Crippen molar-refractivity contribution in [2.45, 2.75) is 33.7 Å². The third-order valence-corrected chi connectivity index (χ3v) is 8.25. The van der Waals surface area contributed by atoms with Crippen LogP contribution >= 0.6 is 41.6 Å². The first-order chi connectivity index (χ1) is 12.0. The number of benzene rings is 1. The van der Waals surface area contributed by atoms with Crippen molar-refractivity contribution in [3.63, 3.8) is 0 Å². The molecule has 0 spiro atoms. The smallest absolute Gasteiger partial charge is 0.209 e. The zero-order chi connectivity index (χ0) is 19.3. The lowest BCUT2D eigenvalue weighted by atomic mass is 9.92. The van der Waals surface area contributed by atoms with Gasteiger partial charge < -0.3 is 4.57 Å². The van der Waals surface area contributed by atoms with Crippen molar-refractivity contribution >= 4 is 59.7 Å². The zero-order valence-electron chi connectivity index (χ0n) is 15.8. The maximum absolute atomic E-state index is 6.45. The highest BCUT2D eigenvalue weighted by Gasteiger charge is 2.30. The van der Waals surface area contributed by atoms with Crippen molar-refractivity contribution in [2.24, 2.45) is 10.4 Å². The second-order valence-electron chi connectivity index (χ2n) is 8.23. The molecule has 1 aliphatic rings. The highest BCUT2D eigenvalue weighted by Crippen LogP contribution is 2.49. The third kappa shape index (κ3) is 4.20. The van der Waals surface area contributed by atoms with Gasteiger partial charge in [-0.2, -0.15) is 4.37 Å². The van der Waals surface area contributed by atoms with Gasteiger partial charge in [-0.1, -0.05) is 50.2 Å². The lowest BCUT2D eigenvalue weighted by molar-refractivity contribution is 0.356. The molecule has 7 heteroatoms. The summed E-state index contributed by atoms with van der Waals surface area (Å²) in [6.07, 6.45) is 7.10. The molecule has 1 aromatic carbocycles. The van der Waals surface area contributed by atoms with Crippen molar-refractivity contribution in [3.8, 4) is 0 Å². The number of hydrogen-bond donors (Lipinski definition) is 0. The largest absolute Gasteiger partial charge is 0.303 e. The van der Waals surface area contributed by atoms with Crippen LogP contribution in [0.5, 0.6) is 0 Å². The van der Waals surface area contributed by atoms with Crippen LogP contribution in [0.25, 0.3) is 6.08 Å². The fraction of sp³-hybridized carbons (Fsp3) is 0.421. The van der Waals surface area contributed by atoms with E-state index in [0.717, 1.165) is 45.2 Å². The first kappa shape index (κ1) is 19.9. The van der Waals surface area contributed by atoms with Gasteiger partial charge in [0.15, 0.2) is 0 Å². The molecule has 0 atom stereocenters. The van der Waals surface area contributed by atoms with Gasteiger partial charge in [-0.3, -0.25) is 0 Å². The van der Waals surface area contributed by atoms with Crippen LogP contribution in [0.15, 0.2) is 21.9 Å². The van der Waals surface area contributed by atoms with Crippen LogP contribution in [0.2, 0.25) is 5.02 Å². The molecule has 0 unspecified atom stereocenters. The quantitative estimate of drug-likeness (QED) is 0.555. The van der Waals surface area contributed by atoms with Crippen LogP contribution in [-0.4, -0.2) is 28.6 Å². The molecular formula is C19H24Cl2N3PS. The first-order valence-corrected chi connectivity index (χ1v) is 12.8. The van der Waals surface area contributed by atoms with E-state index in [9.17, 15) is 0 Å². The Hall–Kier alpha value is -0.800. The fourth-order valence-electron chi connectivity index (χ4n) is 2.90. The van der Waals surface area contributed by atoms with E-state index in [1.807, 2.05) is 25.1 Å². The van der Waals surface area contributed by atoms with Crippen molar-refractivity contribution in [1.82, 2.24) is 8.94 Å². The number of aromatic nitrogens is 2. The summed E-state index contributed by atoms with van der Waals surface area (Å²) in [4.78, 5) is 5.82. The van der Waals surface area contributed by atoms with E-state index >= 15 is 0 Å². The minimum absolute atomic E-state index is 0.237. The Morgan fingerprint density at radius 2 is 2.12 bits per heavy atom. The molecule has 0 fully saturated rings. The molecule has 1 aromatic heterocycles. The molecule has 0 radical (unpaired) electrons. The Labute approximate surface area is 169 Å². The summed E-state index contributed by atoms with van der Waals surface area (Å²) in [5.41, 5.74) is 3.05. The Kier molecular flexibility index (Phi) is 5.35. The summed E-state index contributed by atoms with van der Waals surface area (Å²) in [6.45, 7) is 10.1. The predicted octanol–water partition coefficient (Wildman–Crippen LogP) is 5.97. The van der Waals surface area contributed by atoms with Crippen LogP contribution in [0, 0.1) is 12.3 Å². The van der Waals surface area contributed by atoms with Gasteiger partial charge in [0.25, 0.3) is 0 Å². The Morgan fingerprint density at radius 1 is 1.42 bits per heavy atom. The van der Waals surface area contributed by atoms with Crippen LogP contribution in [-0.2, 0) is 13.0 Å². The predicted molar refractivity (Wildman–Crippen MR) is 119 cm³/mol. The van der Waals surface area contributed by atoms with E-state index in [1.54, 1.807) is 0 Å². The minimum atomic E-state index is -1.53. The normalized spacial score (nSPS) is 17.7. The third-order valence-electron chi connectivity index (χ3n) is 4.38. The van der Waals surface area contributed by atoms with E-state index < -0.39 is 6.89 Å². The second kappa shape index (κ2) is 6.98. The van der Waals surface area contributed by atoms with Crippen molar-refractivity contribution in [2.75, 3.05) is 13.3 Å². The molecule has 140 valence electrons. The highest BCUT2D eigenvalue weighted by atomic mass is 35.5. The monoisotopic (exact) mass is 427 g/mol. The summed E-state index contributed by atoms with van der Waals surface area (Å²) >= 11 is 14.3. The van der Waals surface area contributed by atoms with Gasteiger partial charge in [0.2, 0.25) is 4.80 Å². The number of hydrogen-bond acceptors (Lipinski definition) is 3. The Bertz CT molecular complexity index is 1010. The number of halogens is 2. The van der Waals surface area contributed by atoms with Crippen LogP contribution < -0.4 is 4.80 Å². The molecule has 3 rings (SSSR count).